The van der Waals surface area contributed by atoms with E-state index in [1.54, 1.807) is 6.20 Å². The Morgan fingerprint density at radius 1 is 0.697 bits per heavy atom. The second kappa shape index (κ2) is 10.2. The molecule has 0 aliphatic carbocycles. The maximum atomic E-state index is 13.4. The van der Waals surface area contributed by atoms with Crippen molar-refractivity contribution in [2.24, 2.45) is 0 Å². The number of nitrogens with zero attached hydrogens (tertiary/aromatic N) is 3. The Kier molecular flexibility index (Phi) is 7.13. The summed E-state index contributed by atoms with van der Waals surface area (Å²) in [5.74, 6) is -1.48. The largest absolute Gasteiger partial charge is 0.377 e. The first kappa shape index (κ1) is 23.0. The number of amides is 2. The highest BCUT2D eigenvalue weighted by Crippen LogP contribution is 2.25. The number of hydrogen-bond acceptors (Lipinski definition) is 5. The summed E-state index contributed by atoms with van der Waals surface area (Å²) < 4.78 is 28.5. The predicted molar refractivity (Wildman–Crippen MR) is 126 cm³/mol. The van der Waals surface area contributed by atoms with Gasteiger partial charge in [0.1, 0.15) is 5.57 Å². The number of likely N-dealkylation sites (tertiary alicyclic amines) is 1. The van der Waals surface area contributed by atoms with Gasteiger partial charge < -0.3 is 4.90 Å². The first-order chi connectivity index (χ1) is 16.0. The average Bonchev–Trinajstić information content (AvgIpc) is 2.83. The van der Waals surface area contributed by atoms with Crippen LogP contribution in [0.4, 0.5) is 0 Å². The van der Waals surface area contributed by atoms with Crippen LogP contribution in [0.15, 0.2) is 72.4 Å². The highest BCUT2D eigenvalue weighted by atomic mass is 32.2. The monoisotopic (exact) mass is 467 g/mol. The van der Waals surface area contributed by atoms with Gasteiger partial charge in [-0.25, -0.2) is 8.61 Å². The van der Waals surface area contributed by atoms with Gasteiger partial charge in [-0.2, -0.15) is 8.42 Å². The number of rotatable bonds is 7. The Morgan fingerprint density at radius 2 is 1.15 bits per heavy atom. The average molecular weight is 468 g/mol. The van der Waals surface area contributed by atoms with Gasteiger partial charge in [0.15, 0.2) is 0 Å². The molecule has 2 aromatic carbocycles. The Balaban J connectivity index is 1.62. The van der Waals surface area contributed by atoms with Crippen molar-refractivity contribution in [3.05, 3.63) is 83.6 Å². The number of carbonyl (C=O) groups excluding carboxylic acids is 2. The van der Waals surface area contributed by atoms with E-state index in [-0.39, 0.29) is 18.7 Å². The van der Waals surface area contributed by atoms with Gasteiger partial charge in [0, 0.05) is 32.4 Å². The summed E-state index contributed by atoms with van der Waals surface area (Å²) >= 11 is 0. The third kappa shape index (κ3) is 5.27. The summed E-state index contributed by atoms with van der Waals surface area (Å²) in [6.07, 6.45) is 5.42. The van der Waals surface area contributed by atoms with E-state index in [1.165, 1.54) is 0 Å². The molecule has 0 saturated carbocycles. The lowest BCUT2D eigenvalue weighted by Crippen LogP contribution is -2.57. The lowest BCUT2D eigenvalue weighted by Gasteiger charge is -2.36. The molecule has 0 bridgehead atoms. The van der Waals surface area contributed by atoms with Crippen LogP contribution in [-0.4, -0.2) is 59.9 Å². The molecule has 2 aliphatic rings. The minimum atomic E-state index is -4.27. The van der Waals surface area contributed by atoms with Crippen LogP contribution in [0, 0.1) is 0 Å². The van der Waals surface area contributed by atoms with E-state index in [1.807, 2.05) is 65.6 Å². The zero-order valence-corrected chi connectivity index (χ0v) is 19.4. The quantitative estimate of drug-likeness (QED) is 0.462. The van der Waals surface area contributed by atoms with Crippen LogP contribution >= 0.6 is 0 Å². The number of benzene rings is 2. The van der Waals surface area contributed by atoms with Crippen molar-refractivity contribution in [3.8, 4) is 0 Å². The van der Waals surface area contributed by atoms with Crippen LogP contribution in [0.1, 0.15) is 30.4 Å². The molecule has 174 valence electrons. The normalized spacial score (nSPS) is 18.5. The molecule has 0 N–H and O–H groups in total. The molecule has 2 heterocycles. The Hall–Kier alpha value is -3.13. The van der Waals surface area contributed by atoms with Gasteiger partial charge in [0.25, 0.3) is 11.8 Å². The molecule has 0 unspecified atom stereocenters. The molecule has 8 heteroatoms. The van der Waals surface area contributed by atoms with Crippen molar-refractivity contribution in [2.45, 2.75) is 32.1 Å². The van der Waals surface area contributed by atoms with Gasteiger partial charge in [-0.1, -0.05) is 60.7 Å². The van der Waals surface area contributed by atoms with Crippen molar-refractivity contribution >= 4 is 22.0 Å². The maximum absolute atomic E-state index is 13.4. The SMILES string of the molecule is O=C1C(=CN2CCCCC2)C(=O)N(CCc2ccccc2)S(=O)(=O)N1CCc1ccccc1. The van der Waals surface area contributed by atoms with Crippen LogP contribution in [0.5, 0.6) is 0 Å². The van der Waals surface area contributed by atoms with Gasteiger partial charge in [-0.3, -0.25) is 9.59 Å². The fraction of sp³-hybridized carbons (Fsp3) is 0.360. The summed E-state index contributed by atoms with van der Waals surface area (Å²) in [5, 5.41) is 0. The summed E-state index contributed by atoms with van der Waals surface area (Å²) in [5.41, 5.74) is 1.78. The molecule has 0 radical (unpaired) electrons. The predicted octanol–water partition coefficient (Wildman–Crippen LogP) is 2.76. The molecule has 33 heavy (non-hydrogen) atoms. The Morgan fingerprint density at radius 3 is 1.61 bits per heavy atom. The molecular weight excluding hydrogens is 438 g/mol. The van der Waals surface area contributed by atoms with Crippen molar-refractivity contribution in [1.82, 2.24) is 13.5 Å². The van der Waals surface area contributed by atoms with Crippen molar-refractivity contribution in [1.29, 1.82) is 0 Å². The number of hydrogen-bond donors (Lipinski definition) is 0. The molecule has 2 aliphatic heterocycles. The molecule has 2 amide bonds. The van der Waals surface area contributed by atoms with Crippen molar-refractivity contribution in [3.63, 3.8) is 0 Å². The van der Waals surface area contributed by atoms with Gasteiger partial charge in [-0.15, -0.1) is 0 Å². The van der Waals surface area contributed by atoms with Crippen LogP contribution in [-0.2, 0) is 32.6 Å². The molecule has 2 aromatic rings. The van der Waals surface area contributed by atoms with Crippen LogP contribution < -0.4 is 0 Å². The maximum Gasteiger partial charge on any atom is 0.331 e. The molecule has 2 fully saturated rings. The van der Waals surface area contributed by atoms with E-state index in [2.05, 4.69) is 0 Å². The standard InChI is InChI=1S/C25H29N3O4S/c29-24-23(20-26-16-8-3-9-17-26)25(30)28(19-15-22-12-6-2-7-13-22)33(31,32)27(24)18-14-21-10-4-1-5-11-21/h1-2,4-7,10-13,20H,3,8-9,14-19H2. The van der Waals surface area contributed by atoms with E-state index in [4.69, 9.17) is 0 Å². The van der Waals surface area contributed by atoms with Gasteiger partial charge in [-0.05, 0) is 43.2 Å². The minimum absolute atomic E-state index is 0.0162. The Labute approximate surface area is 195 Å². The second-order valence-electron chi connectivity index (χ2n) is 8.37. The van der Waals surface area contributed by atoms with Crippen LogP contribution in [0.3, 0.4) is 0 Å². The van der Waals surface area contributed by atoms with Crippen LogP contribution in [0.2, 0.25) is 0 Å². The molecular formula is C25H29N3O4S. The van der Waals surface area contributed by atoms with E-state index in [0.29, 0.717) is 12.8 Å². The highest BCUT2D eigenvalue weighted by Gasteiger charge is 2.46. The topological polar surface area (TPSA) is 78.0 Å². The van der Waals surface area contributed by atoms with Crippen molar-refractivity contribution in [2.75, 3.05) is 26.2 Å². The Bertz CT molecular complexity index is 1040. The second-order valence-corrected chi connectivity index (χ2v) is 10.2. The highest BCUT2D eigenvalue weighted by molar-refractivity contribution is 7.88. The third-order valence-corrected chi connectivity index (χ3v) is 7.88. The van der Waals surface area contributed by atoms with E-state index in [0.717, 1.165) is 52.1 Å². The molecule has 2 saturated heterocycles. The van der Waals surface area contributed by atoms with Gasteiger partial charge >= 0.3 is 10.2 Å². The minimum Gasteiger partial charge on any atom is -0.377 e. The van der Waals surface area contributed by atoms with E-state index in [9.17, 15) is 18.0 Å². The summed E-state index contributed by atoms with van der Waals surface area (Å²) in [6.45, 7) is 1.48. The van der Waals surface area contributed by atoms with Crippen molar-refractivity contribution < 1.29 is 18.0 Å². The fourth-order valence-corrected chi connectivity index (χ4v) is 5.71. The lowest BCUT2D eigenvalue weighted by atomic mass is 10.1. The fourth-order valence-electron chi connectivity index (χ4n) is 4.21. The summed E-state index contributed by atoms with van der Waals surface area (Å²) in [6, 6.07) is 18.8. The zero-order chi connectivity index (χ0) is 23.3. The van der Waals surface area contributed by atoms with E-state index >= 15 is 0 Å². The first-order valence-electron chi connectivity index (χ1n) is 11.4. The molecule has 0 aromatic heterocycles. The van der Waals surface area contributed by atoms with Gasteiger partial charge in [0.05, 0.1) is 0 Å². The zero-order valence-electron chi connectivity index (χ0n) is 18.6. The van der Waals surface area contributed by atoms with Gasteiger partial charge in [0.2, 0.25) is 0 Å². The lowest BCUT2D eigenvalue weighted by molar-refractivity contribution is -0.132. The smallest absolute Gasteiger partial charge is 0.331 e. The molecule has 4 rings (SSSR count). The summed E-state index contributed by atoms with van der Waals surface area (Å²) in [4.78, 5) is 28.5. The van der Waals surface area contributed by atoms with E-state index < -0.39 is 22.0 Å². The van der Waals surface area contributed by atoms with Crippen LogP contribution in [0.25, 0.3) is 0 Å². The molecule has 7 nitrogen and oxygen atoms in total. The number of piperidine rings is 1. The molecule has 0 atom stereocenters. The number of carbonyl (C=O) groups is 2. The molecule has 0 spiro atoms. The first-order valence-corrected chi connectivity index (χ1v) is 12.8. The third-order valence-electron chi connectivity index (χ3n) is 6.07. The summed E-state index contributed by atoms with van der Waals surface area (Å²) in [7, 11) is -4.27.